The number of allylic oxidation sites excluding steroid dienone is 22. The van der Waals surface area contributed by atoms with Gasteiger partial charge in [-0.3, -0.25) is 9.59 Å². The molecule has 2 unspecified atom stereocenters. The highest BCUT2D eigenvalue weighted by atomic mass is 16.7. The minimum atomic E-state index is -1.64. The number of carbonyl (C=O) groups is 3. The van der Waals surface area contributed by atoms with Crippen LogP contribution in [0.15, 0.2) is 134 Å². The number of hydrogen-bond acceptors (Lipinski definition) is 8. The van der Waals surface area contributed by atoms with E-state index in [0.29, 0.717) is 23.9 Å². The van der Waals surface area contributed by atoms with E-state index in [2.05, 4.69) is 148 Å². The molecule has 0 fully saturated rings. The fourth-order valence-electron chi connectivity index (χ4n) is 6.39. The fourth-order valence-corrected chi connectivity index (χ4v) is 6.39. The van der Waals surface area contributed by atoms with E-state index in [9.17, 15) is 19.5 Å². The van der Waals surface area contributed by atoms with Crippen LogP contribution in [-0.4, -0.2) is 82.3 Å². The number of quaternary nitrogens is 1. The normalized spacial score (nSPS) is 13.9. The Morgan fingerprint density at radius 1 is 0.435 bits per heavy atom. The Morgan fingerprint density at radius 3 is 1.19 bits per heavy atom. The number of hydrogen-bond donors (Lipinski definition) is 0. The summed E-state index contributed by atoms with van der Waals surface area (Å²) in [5.74, 6) is -2.38. The molecule has 2 atom stereocenters. The maximum atomic E-state index is 12.8. The van der Waals surface area contributed by atoms with Crippen molar-refractivity contribution < 1.29 is 42.9 Å². The van der Waals surface area contributed by atoms with Gasteiger partial charge in [-0.15, -0.1) is 0 Å². The lowest BCUT2D eigenvalue weighted by Crippen LogP contribution is -2.44. The Bertz CT molecular complexity index is 1590. The molecule has 388 valence electrons. The van der Waals surface area contributed by atoms with Crippen LogP contribution in [0.4, 0.5) is 0 Å². The van der Waals surface area contributed by atoms with Crippen molar-refractivity contribution in [1.29, 1.82) is 0 Å². The van der Waals surface area contributed by atoms with Crippen LogP contribution in [0.25, 0.3) is 0 Å². The Labute approximate surface area is 420 Å². The second kappa shape index (κ2) is 49.8. The first-order chi connectivity index (χ1) is 33.6. The van der Waals surface area contributed by atoms with E-state index in [1.165, 1.54) is 12.8 Å². The predicted octanol–water partition coefficient (Wildman–Crippen LogP) is 13.8. The van der Waals surface area contributed by atoms with Crippen molar-refractivity contribution in [2.45, 2.75) is 180 Å². The highest BCUT2D eigenvalue weighted by Crippen LogP contribution is 2.13. The maximum Gasteiger partial charge on any atom is 0.306 e. The van der Waals surface area contributed by atoms with Gasteiger partial charge >= 0.3 is 11.9 Å². The molecule has 9 nitrogen and oxygen atoms in total. The van der Waals surface area contributed by atoms with Crippen LogP contribution >= 0.6 is 0 Å². The number of aliphatic carboxylic acids is 1. The lowest BCUT2D eigenvalue weighted by molar-refractivity contribution is -0.870. The minimum absolute atomic E-state index is 0.130. The minimum Gasteiger partial charge on any atom is -0.545 e. The van der Waals surface area contributed by atoms with Crippen LogP contribution in [0.2, 0.25) is 0 Å². The van der Waals surface area contributed by atoms with Gasteiger partial charge in [0.1, 0.15) is 13.2 Å². The van der Waals surface area contributed by atoms with Crippen molar-refractivity contribution in [1.82, 2.24) is 0 Å². The topological polar surface area (TPSA) is 111 Å². The monoisotopic (exact) mass is 958 g/mol. The van der Waals surface area contributed by atoms with Gasteiger partial charge in [0.2, 0.25) is 0 Å². The quantitative estimate of drug-likeness (QED) is 0.0195. The highest BCUT2D eigenvalue weighted by molar-refractivity contribution is 5.70. The number of carbonyl (C=O) groups excluding carboxylic acids is 3. The average molecular weight is 958 g/mol. The summed E-state index contributed by atoms with van der Waals surface area (Å²) in [7, 11) is 5.88. The van der Waals surface area contributed by atoms with E-state index in [1.54, 1.807) is 0 Å². The summed E-state index contributed by atoms with van der Waals surface area (Å²) in [5.41, 5.74) is 0. The second-order valence-electron chi connectivity index (χ2n) is 18.0. The molecule has 0 saturated heterocycles. The van der Waals surface area contributed by atoms with Gasteiger partial charge in [0.25, 0.3) is 0 Å². The molecule has 0 N–H and O–H groups in total. The number of ether oxygens (including phenoxy) is 4. The molecule has 0 aliphatic heterocycles. The van der Waals surface area contributed by atoms with E-state index in [-0.39, 0.29) is 32.7 Å². The van der Waals surface area contributed by atoms with Gasteiger partial charge in [-0.25, -0.2) is 0 Å². The second-order valence-corrected chi connectivity index (χ2v) is 18.0. The molecular weight excluding hydrogens is 863 g/mol. The van der Waals surface area contributed by atoms with E-state index in [4.69, 9.17) is 18.9 Å². The molecule has 69 heavy (non-hydrogen) atoms. The zero-order chi connectivity index (χ0) is 50.6. The van der Waals surface area contributed by atoms with E-state index in [0.717, 1.165) is 116 Å². The average Bonchev–Trinajstić information content (AvgIpc) is 3.31. The number of carboxylic acids is 1. The van der Waals surface area contributed by atoms with Crippen LogP contribution in [0, 0.1) is 0 Å². The first kappa shape index (κ1) is 64.4. The fraction of sp³-hybridized carbons (Fsp3) is 0.583. The number of rotatable bonds is 46. The van der Waals surface area contributed by atoms with Crippen molar-refractivity contribution >= 4 is 17.9 Å². The number of nitrogens with zero attached hydrogens (tertiary/aromatic N) is 1. The van der Waals surface area contributed by atoms with E-state index < -0.39 is 30.3 Å². The van der Waals surface area contributed by atoms with Crippen molar-refractivity contribution in [3.8, 4) is 0 Å². The summed E-state index contributed by atoms with van der Waals surface area (Å²) in [6.07, 6.45) is 67.8. The zero-order valence-corrected chi connectivity index (χ0v) is 43.9. The summed E-state index contributed by atoms with van der Waals surface area (Å²) < 4.78 is 22.6. The first-order valence-electron chi connectivity index (χ1n) is 26.3. The van der Waals surface area contributed by atoms with E-state index in [1.807, 2.05) is 21.1 Å². The molecule has 0 aromatic heterocycles. The predicted molar refractivity (Wildman–Crippen MR) is 287 cm³/mol. The Morgan fingerprint density at radius 2 is 0.783 bits per heavy atom. The van der Waals surface area contributed by atoms with Gasteiger partial charge in [-0.1, -0.05) is 180 Å². The molecule has 0 rings (SSSR count). The summed E-state index contributed by atoms with van der Waals surface area (Å²) in [6.45, 7) is 4.42. The lowest BCUT2D eigenvalue weighted by Gasteiger charge is -2.26. The molecule has 0 aromatic carbocycles. The third-order valence-electron chi connectivity index (χ3n) is 10.4. The van der Waals surface area contributed by atoms with Crippen LogP contribution in [0.5, 0.6) is 0 Å². The largest absolute Gasteiger partial charge is 0.545 e. The third-order valence-corrected chi connectivity index (χ3v) is 10.4. The van der Waals surface area contributed by atoms with Crippen molar-refractivity contribution in [3.05, 3.63) is 134 Å². The standard InChI is InChI=1S/C60H95NO8/c1-6-8-10-12-14-16-18-20-22-23-24-25-26-27-28-29-30-31-32-33-34-35-37-39-41-43-45-47-49-51-58(63)69-56(55-68-60(59(64)65)66-53-52-61(3,4)5)54-67-57(62)50-48-46-44-42-40-38-36-21-19-17-15-13-11-9-7-2/h8-11,14-17,20-22,24-25,27-28,30-31,33-34,36,40,42,56,60H,6-7,12-13,18-19,23,26,29,32,35,37-39,41,43-55H2,1-5H3/b10-8-,11-9-,16-14-,17-15-,22-20-,25-24-,28-27-,31-30-,34-33-,36-21-,42-40-. The van der Waals surface area contributed by atoms with Gasteiger partial charge in [0.05, 0.1) is 40.3 Å². The molecule has 0 aromatic rings. The molecule has 0 heterocycles. The third kappa shape index (κ3) is 51.1. The number of likely N-dealkylation sites (N-methyl/N-ethyl adjacent to an activating group) is 1. The van der Waals surface area contributed by atoms with E-state index >= 15 is 0 Å². The maximum absolute atomic E-state index is 12.8. The number of unbranched alkanes of at least 4 members (excludes halogenated alkanes) is 9. The molecule has 9 heteroatoms. The SMILES string of the molecule is CC/C=C\C/C=C\C/C=C\C/C=C\C/C=C\C/C=C\C/C=C\CCCCCCCCCC(=O)OC(COC(=O)CCCC/C=C\C/C=C\C/C=C\C/C=C\CC)COC(OCC[N+](C)(C)C)C(=O)[O-]. The van der Waals surface area contributed by atoms with Crippen molar-refractivity contribution in [3.63, 3.8) is 0 Å². The summed E-state index contributed by atoms with van der Waals surface area (Å²) in [4.78, 5) is 37.1. The molecule has 0 amide bonds. The van der Waals surface area contributed by atoms with Crippen LogP contribution in [0.1, 0.15) is 168 Å². The smallest absolute Gasteiger partial charge is 0.306 e. The Kier molecular flexibility index (Phi) is 46.5. The zero-order valence-electron chi connectivity index (χ0n) is 43.9. The molecular formula is C60H95NO8. The summed E-state index contributed by atoms with van der Waals surface area (Å²) in [5, 5.41) is 11.7. The molecule has 0 spiro atoms. The molecule has 0 aliphatic carbocycles. The van der Waals surface area contributed by atoms with Crippen LogP contribution < -0.4 is 5.11 Å². The number of esters is 2. The van der Waals surface area contributed by atoms with Crippen molar-refractivity contribution in [2.24, 2.45) is 0 Å². The Hall–Kier alpha value is -4.57. The Balaban J connectivity index is 4.38. The molecule has 0 radical (unpaired) electrons. The first-order valence-corrected chi connectivity index (χ1v) is 26.3. The molecule has 0 saturated carbocycles. The van der Waals surface area contributed by atoms with Crippen LogP contribution in [-0.2, 0) is 33.3 Å². The lowest BCUT2D eigenvalue weighted by atomic mass is 10.1. The van der Waals surface area contributed by atoms with Gasteiger partial charge < -0.3 is 33.3 Å². The van der Waals surface area contributed by atoms with Gasteiger partial charge in [0.15, 0.2) is 12.4 Å². The summed E-state index contributed by atoms with van der Waals surface area (Å²) >= 11 is 0. The van der Waals surface area contributed by atoms with Crippen molar-refractivity contribution in [2.75, 3.05) is 47.5 Å². The van der Waals surface area contributed by atoms with Gasteiger partial charge in [0, 0.05) is 12.8 Å². The highest BCUT2D eigenvalue weighted by Gasteiger charge is 2.21. The molecule has 0 aliphatic rings. The number of carboxylic acid groups (broad SMARTS) is 1. The van der Waals surface area contributed by atoms with Gasteiger partial charge in [-0.05, 0) is 109 Å². The summed E-state index contributed by atoms with van der Waals surface area (Å²) in [6, 6.07) is 0. The molecule has 0 bridgehead atoms. The van der Waals surface area contributed by atoms with Gasteiger partial charge in [-0.2, -0.15) is 0 Å². The van der Waals surface area contributed by atoms with Crippen LogP contribution in [0.3, 0.4) is 0 Å².